The number of nitrogens with one attached hydrogen (secondary N) is 3. The number of aromatic amines is 1. The van der Waals surface area contributed by atoms with Gasteiger partial charge in [0.25, 0.3) is 5.91 Å². The molecular weight excluding hydrogens is 304 g/mol. The van der Waals surface area contributed by atoms with Crippen molar-refractivity contribution in [2.24, 2.45) is 0 Å². The van der Waals surface area contributed by atoms with Crippen LogP contribution in [0.25, 0.3) is 0 Å². The Morgan fingerprint density at radius 2 is 2.23 bits per heavy atom. The fraction of sp³-hybridized carbons (Fsp3) is 0.333. The van der Waals surface area contributed by atoms with Crippen LogP contribution < -0.4 is 10.6 Å². The quantitative estimate of drug-likeness (QED) is 0.803. The number of anilines is 1. The normalized spacial score (nSPS) is 13.1. The first-order valence-corrected chi connectivity index (χ1v) is 6.94. The van der Waals surface area contributed by atoms with Crippen molar-refractivity contribution in [3.8, 4) is 0 Å². The van der Waals surface area contributed by atoms with Gasteiger partial charge in [0.15, 0.2) is 5.69 Å². The number of ether oxygens (including phenoxy) is 1. The van der Waals surface area contributed by atoms with Crippen molar-refractivity contribution in [2.45, 2.75) is 19.6 Å². The predicted molar refractivity (Wildman–Crippen MR) is 86.4 cm³/mol. The van der Waals surface area contributed by atoms with E-state index in [0.29, 0.717) is 18.8 Å². The molecule has 0 bridgehead atoms. The summed E-state index contributed by atoms with van der Waals surface area (Å²) in [4.78, 5) is 12.4. The molecule has 1 amide bonds. The van der Waals surface area contributed by atoms with Crippen LogP contribution in [-0.2, 0) is 24.3 Å². The van der Waals surface area contributed by atoms with E-state index in [-0.39, 0.29) is 18.3 Å². The maximum absolute atomic E-state index is 12.4. The van der Waals surface area contributed by atoms with Gasteiger partial charge in [0, 0.05) is 49.1 Å². The summed E-state index contributed by atoms with van der Waals surface area (Å²) in [5.41, 5.74) is 4.16. The molecule has 22 heavy (non-hydrogen) atoms. The van der Waals surface area contributed by atoms with Crippen LogP contribution in [0.5, 0.6) is 0 Å². The molecule has 0 saturated heterocycles. The maximum atomic E-state index is 12.4. The highest BCUT2D eigenvalue weighted by Gasteiger charge is 2.21. The monoisotopic (exact) mass is 322 g/mol. The van der Waals surface area contributed by atoms with Crippen LogP contribution in [0, 0.1) is 0 Å². The number of aromatic nitrogens is 2. The van der Waals surface area contributed by atoms with Crippen LogP contribution in [-0.4, -0.2) is 29.8 Å². The second kappa shape index (κ2) is 7.40. The molecule has 0 spiro atoms. The maximum Gasteiger partial charge on any atom is 0.276 e. The highest BCUT2D eigenvalue weighted by molar-refractivity contribution is 6.04. The highest BCUT2D eigenvalue weighted by Crippen LogP contribution is 2.19. The summed E-state index contributed by atoms with van der Waals surface area (Å²) in [6.07, 6.45) is 0.871. The number of amides is 1. The average Bonchev–Trinajstić information content (AvgIpc) is 2.93. The van der Waals surface area contributed by atoms with Crippen LogP contribution in [0.4, 0.5) is 5.69 Å². The lowest BCUT2D eigenvalue weighted by Crippen LogP contribution is -2.25. The van der Waals surface area contributed by atoms with Gasteiger partial charge in [0.1, 0.15) is 0 Å². The smallest absolute Gasteiger partial charge is 0.276 e. The lowest BCUT2D eigenvalue weighted by atomic mass is 10.1. The van der Waals surface area contributed by atoms with E-state index < -0.39 is 0 Å². The Bertz CT molecular complexity index is 657. The molecule has 118 valence electrons. The van der Waals surface area contributed by atoms with Crippen molar-refractivity contribution < 1.29 is 9.53 Å². The predicted octanol–water partition coefficient (Wildman–Crippen LogP) is 1.88. The molecule has 2 aromatic rings. The molecule has 1 aromatic carbocycles. The van der Waals surface area contributed by atoms with E-state index >= 15 is 0 Å². The number of fused-ring (bicyclic) bond motifs is 1. The number of methoxy groups -OCH3 is 1. The summed E-state index contributed by atoms with van der Waals surface area (Å²) in [5.74, 6) is -0.195. The summed E-state index contributed by atoms with van der Waals surface area (Å²) in [6.45, 7) is 2.04. The summed E-state index contributed by atoms with van der Waals surface area (Å²) >= 11 is 0. The fourth-order valence-electron chi connectivity index (χ4n) is 2.52. The molecule has 0 saturated carbocycles. The minimum Gasteiger partial charge on any atom is -0.380 e. The fourth-order valence-corrected chi connectivity index (χ4v) is 2.52. The van der Waals surface area contributed by atoms with Crippen LogP contribution in [0.3, 0.4) is 0 Å². The van der Waals surface area contributed by atoms with Gasteiger partial charge in [-0.15, -0.1) is 12.4 Å². The first kappa shape index (κ1) is 16.5. The minimum atomic E-state index is -0.195. The molecule has 0 unspecified atom stereocenters. The second-order valence-corrected chi connectivity index (χ2v) is 5.00. The summed E-state index contributed by atoms with van der Waals surface area (Å²) in [6, 6.07) is 7.60. The van der Waals surface area contributed by atoms with Gasteiger partial charge < -0.3 is 15.4 Å². The first-order chi connectivity index (χ1) is 10.3. The Balaban J connectivity index is 0.00000176. The Kier molecular flexibility index (Phi) is 5.54. The molecule has 0 aliphatic carbocycles. The third kappa shape index (κ3) is 3.30. The lowest BCUT2D eigenvalue weighted by molar-refractivity contribution is 0.102. The Morgan fingerprint density at radius 3 is 3.05 bits per heavy atom. The summed E-state index contributed by atoms with van der Waals surface area (Å²) in [7, 11) is 1.63. The van der Waals surface area contributed by atoms with Crippen molar-refractivity contribution in [3.05, 3.63) is 46.8 Å². The van der Waals surface area contributed by atoms with Gasteiger partial charge in [-0.3, -0.25) is 9.89 Å². The number of hydrogen-bond acceptors (Lipinski definition) is 4. The standard InChI is InChI=1S/C15H18N4O2.ClH/c1-21-9-10-4-2-3-5-12(10)17-15(20)14-11-8-16-7-6-13(11)18-19-14;/h2-5,16H,6-9H2,1H3,(H,17,20)(H,18,19);1H. The molecule has 3 N–H and O–H groups in total. The molecule has 1 aliphatic heterocycles. The SMILES string of the molecule is COCc1ccccc1NC(=O)c1n[nH]c2c1CNCC2.Cl. The zero-order valence-corrected chi connectivity index (χ0v) is 13.1. The molecule has 7 heteroatoms. The van der Waals surface area contributed by atoms with Crippen molar-refractivity contribution in [1.29, 1.82) is 0 Å². The second-order valence-electron chi connectivity index (χ2n) is 5.00. The van der Waals surface area contributed by atoms with Gasteiger partial charge >= 0.3 is 0 Å². The molecule has 6 nitrogen and oxygen atoms in total. The van der Waals surface area contributed by atoms with E-state index in [1.54, 1.807) is 7.11 Å². The summed E-state index contributed by atoms with van der Waals surface area (Å²) in [5, 5.41) is 13.3. The molecule has 2 heterocycles. The van der Waals surface area contributed by atoms with Crippen LogP contribution in [0.15, 0.2) is 24.3 Å². The van der Waals surface area contributed by atoms with E-state index in [1.807, 2.05) is 24.3 Å². The third-order valence-corrected chi connectivity index (χ3v) is 3.59. The molecular formula is C15H19ClN4O2. The zero-order chi connectivity index (χ0) is 14.7. The molecule has 0 fully saturated rings. The Morgan fingerprint density at radius 1 is 1.41 bits per heavy atom. The number of nitrogens with zero attached hydrogens (tertiary/aromatic N) is 1. The number of rotatable bonds is 4. The lowest BCUT2D eigenvalue weighted by Gasteiger charge is -2.13. The van der Waals surface area contributed by atoms with E-state index in [9.17, 15) is 4.79 Å². The molecule has 0 radical (unpaired) electrons. The number of halogens is 1. The number of para-hydroxylation sites is 1. The van der Waals surface area contributed by atoms with Gasteiger partial charge in [-0.1, -0.05) is 18.2 Å². The number of benzene rings is 1. The number of carbonyl (C=O) groups is 1. The van der Waals surface area contributed by atoms with Gasteiger partial charge in [-0.2, -0.15) is 5.10 Å². The molecule has 0 atom stereocenters. The van der Waals surface area contributed by atoms with Gasteiger partial charge in [0.05, 0.1) is 6.61 Å². The zero-order valence-electron chi connectivity index (χ0n) is 12.3. The number of hydrogen-bond donors (Lipinski definition) is 3. The van der Waals surface area contributed by atoms with Crippen molar-refractivity contribution >= 4 is 24.0 Å². The molecule has 3 rings (SSSR count). The van der Waals surface area contributed by atoms with Crippen molar-refractivity contribution in [2.75, 3.05) is 19.0 Å². The van der Waals surface area contributed by atoms with Crippen LogP contribution in [0.1, 0.15) is 27.3 Å². The van der Waals surface area contributed by atoms with E-state index in [4.69, 9.17) is 4.74 Å². The molecule has 1 aliphatic rings. The van der Waals surface area contributed by atoms with Crippen molar-refractivity contribution in [3.63, 3.8) is 0 Å². The highest BCUT2D eigenvalue weighted by atomic mass is 35.5. The van der Waals surface area contributed by atoms with Crippen molar-refractivity contribution in [1.82, 2.24) is 15.5 Å². The topological polar surface area (TPSA) is 79.0 Å². The van der Waals surface area contributed by atoms with E-state index in [2.05, 4.69) is 20.8 Å². The Labute approximate surface area is 135 Å². The number of carbonyl (C=O) groups excluding carboxylic acids is 1. The van der Waals surface area contributed by atoms with E-state index in [1.165, 1.54) is 0 Å². The first-order valence-electron chi connectivity index (χ1n) is 6.94. The van der Waals surface area contributed by atoms with Gasteiger partial charge in [-0.25, -0.2) is 0 Å². The van der Waals surface area contributed by atoms with Crippen LogP contribution >= 0.6 is 12.4 Å². The average molecular weight is 323 g/mol. The summed E-state index contributed by atoms with van der Waals surface area (Å²) < 4.78 is 5.15. The van der Waals surface area contributed by atoms with E-state index in [0.717, 1.165) is 35.5 Å². The van der Waals surface area contributed by atoms with Gasteiger partial charge in [0.2, 0.25) is 0 Å². The third-order valence-electron chi connectivity index (χ3n) is 3.59. The minimum absolute atomic E-state index is 0. The molecule has 1 aromatic heterocycles. The van der Waals surface area contributed by atoms with Gasteiger partial charge in [-0.05, 0) is 6.07 Å². The number of H-pyrrole nitrogens is 1. The largest absolute Gasteiger partial charge is 0.380 e. The Hall–Kier alpha value is -1.89. The van der Waals surface area contributed by atoms with Crippen LogP contribution in [0.2, 0.25) is 0 Å².